The molecule has 0 aliphatic carbocycles. The largest absolute Gasteiger partial charge is 0.315 e. The van der Waals surface area contributed by atoms with Crippen LogP contribution in [0.3, 0.4) is 0 Å². The van der Waals surface area contributed by atoms with E-state index < -0.39 is 0 Å². The van der Waals surface area contributed by atoms with Crippen molar-refractivity contribution >= 4 is 23.3 Å². The summed E-state index contributed by atoms with van der Waals surface area (Å²) in [4.78, 5) is 4.46. The van der Waals surface area contributed by atoms with E-state index in [2.05, 4.69) is 34.6 Å². The first kappa shape index (κ1) is 10.4. The molecule has 1 aliphatic heterocycles. The monoisotopic (exact) mass is 220 g/mol. The predicted octanol–water partition coefficient (Wildman–Crippen LogP) is 2.34. The molecule has 0 radical (unpaired) electrons. The van der Waals surface area contributed by atoms with E-state index in [-0.39, 0.29) is 12.4 Å². The fraction of sp³-hybridized carbons (Fsp3) is 0.250. The molecular weight excluding hydrogens is 208 g/mol. The Hall–Kier alpha value is -1.12. The third kappa shape index (κ3) is 1.83. The highest BCUT2D eigenvalue weighted by Crippen LogP contribution is 2.22. The van der Waals surface area contributed by atoms with Gasteiger partial charge in [0.25, 0.3) is 0 Å². The summed E-state index contributed by atoms with van der Waals surface area (Å²) in [5.41, 5.74) is 2.45. The van der Waals surface area contributed by atoms with Gasteiger partial charge in [0.15, 0.2) is 0 Å². The molecule has 0 amide bonds. The molecule has 1 aromatic heterocycles. The molecule has 1 saturated heterocycles. The van der Waals surface area contributed by atoms with Crippen molar-refractivity contribution in [3.63, 3.8) is 0 Å². The topological polar surface area (TPSA) is 24.9 Å². The molecule has 15 heavy (non-hydrogen) atoms. The molecule has 0 atom stereocenters. The highest BCUT2D eigenvalue weighted by atomic mass is 35.5. The second kappa shape index (κ2) is 4.17. The lowest BCUT2D eigenvalue weighted by molar-refractivity contribution is 0.448. The lowest BCUT2D eigenvalue weighted by atomic mass is 9.94. The number of hydrogen-bond donors (Lipinski definition) is 1. The molecule has 1 aliphatic rings. The number of benzene rings is 1. The summed E-state index contributed by atoms with van der Waals surface area (Å²) in [6.45, 7) is 2.19. The summed E-state index contributed by atoms with van der Waals surface area (Å²) in [5, 5.41) is 4.53. The van der Waals surface area contributed by atoms with Crippen LogP contribution in [0.5, 0.6) is 0 Å². The first-order valence-electron chi connectivity index (χ1n) is 4.99. The van der Waals surface area contributed by atoms with Gasteiger partial charge in [0, 0.05) is 30.6 Å². The van der Waals surface area contributed by atoms with Crippen LogP contribution in [-0.4, -0.2) is 18.1 Å². The van der Waals surface area contributed by atoms with Crippen LogP contribution in [0.15, 0.2) is 36.5 Å². The van der Waals surface area contributed by atoms with Gasteiger partial charge in [-0.05, 0) is 17.7 Å². The molecule has 1 aromatic carbocycles. The molecule has 2 heterocycles. The number of pyridine rings is 1. The summed E-state index contributed by atoms with van der Waals surface area (Å²) >= 11 is 0. The van der Waals surface area contributed by atoms with Crippen molar-refractivity contribution in [2.75, 3.05) is 13.1 Å². The van der Waals surface area contributed by atoms with Gasteiger partial charge in [-0.25, -0.2) is 0 Å². The number of nitrogens with zero attached hydrogens (tertiary/aromatic N) is 1. The Morgan fingerprint density at radius 1 is 1.20 bits per heavy atom. The highest BCUT2D eigenvalue weighted by molar-refractivity contribution is 5.85. The Bertz CT molecular complexity index is 466. The van der Waals surface area contributed by atoms with Crippen LogP contribution in [0.4, 0.5) is 0 Å². The number of rotatable bonds is 1. The maximum atomic E-state index is 4.46. The number of fused-ring (bicyclic) bond motifs is 1. The van der Waals surface area contributed by atoms with Gasteiger partial charge in [0.2, 0.25) is 0 Å². The Morgan fingerprint density at radius 2 is 2.00 bits per heavy atom. The first-order chi connectivity index (χ1) is 6.93. The molecule has 0 bridgehead atoms. The predicted molar refractivity (Wildman–Crippen MR) is 64.6 cm³/mol. The van der Waals surface area contributed by atoms with E-state index in [9.17, 15) is 0 Å². The molecule has 1 N–H and O–H groups in total. The van der Waals surface area contributed by atoms with Crippen molar-refractivity contribution in [3.8, 4) is 0 Å². The summed E-state index contributed by atoms with van der Waals surface area (Å²) < 4.78 is 0. The Kier molecular flexibility index (Phi) is 2.89. The summed E-state index contributed by atoms with van der Waals surface area (Å²) in [6.07, 6.45) is 2.01. The maximum Gasteiger partial charge on any atom is 0.0702 e. The zero-order valence-electron chi connectivity index (χ0n) is 8.31. The summed E-state index contributed by atoms with van der Waals surface area (Å²) in [6, 6.07) is 10.5. The molecule has 2 aromatic rings. The van der Waals surface area contributed by atoms with Gasteiger partial charge in [-0.2, -0.15) is 0 Å². The number of hydrogen-bond acceptors (Lipinski definition) is 2. The number of para-hydroxylation sites is 1. The van der Waals surface area contributed by atoms with E-state index in [1.54, 1.807) is 0 Å². The van der Waals surface area contributed by atoms with E-state index in [0.717, 1.165) is 18.6 Å². The highest BCUT2D eigenvalue weighted by Gasteiger charge is 2.18. The fourth-order valence-corrected chi connectivity index (χ4v) is 1.84. The van der Waals surface area contributed by atoms with Crippen molar-refractivity contribution < 1.29 is 0 Å². The minimum absolute atomic E-state index is 0. The maximum absolute atomic E-state index is 4.46. The van der Waals surface area contributed by atoms with Crippen molar-refractivity contribution in [3.05, 3.63) is 42.1 Å². The van der Waals surface area contributed by atoms with E-state index >= 15 is 0 Å². The van der Waals surface area contributed by atoms with Gasteiger partial charge in [-0.15, -0.1) is 12.4 Å². The van der Waals surface area contributed by atoms with Crippen LogP contribution in [0.2, 0.25) is 0 Å². The van der Waals surface area contributed by atoms with Crippen molar-refractivity contribution in [1.82, 2.24) is 10.3 Å². The van der Waals surface area contributed by atoms with Crippen molar-refractivity contribution in [1.29, 1.82) is 0 Å². The minimum Gasteiger partial charge on any atom is -0.315 e. The average Bonchev–Trinajstić information content (AvgIpc) is 2.15. The van der Waals surface area contributed by atoms with Crippen molar-refractivity contribution in [2.24, 2.45) is 0 Å². The number of halogens is 1. The van der Waals surface area contributed by atoms with Gasteiger partial charge < -0.3 is 5.32 Å². The van der Waals surface area contributed by atoms with Crippen molar-refractivity contribution in [2.45, 2.75) is 5.92 Å². The molecular formula is C12H13ClN2. The lowest BCUT2D eigenvalue weighted by Gasteiger charge is -2.27. The van der Waals surface area contributed by atoms with Gasteiger partial charge in [0.05, 0.1) is 5.52 Å². The Labute approximate surface area is 95.1 Å². The zero-order valence-corrected chi connectivity index (χ0v) is 9.13. The smallest absolute Gasteiger partial charge is 0.0702 e. The van der Waals surface area contributed by atoms with Crippen LogP contribution >= 0.6 is 12.4 Å². The molecule has 3 rings (SSSR count). The first-order valence-corrected chi connectivity index (χ1v) is 4.99. The molecule has 0 saturated carbocycles. The molecule has 1 fully saturated rings. The third-order valence-electron chi connectivity index (χ3n) is 2.86. The fourth-order valence-electron chi connectivity index (χ4n) is 1.84. The van der Waals surface area contributed by atoms with Crippen LogP contribution in [-0.2, 0) is 0 Å². The zero-order chi connectivity index (χ0) is 9.38. The van der Waals surface area contributed by atoms with E-state index in [1.807, 2.05) is 12.3 Å². The van der Waals surface area contributed by atoms with Crippen LogP contribution in [0.1, 0.15) is 11.5 Å². The second-order valence-corrected chi connectivity index (χ2v) is 3.82. The molecule has 3 heteroatoms. The molecule has 0 unspecified atom stereocenters. The minimum atomic E-state index is 0. The van der Waals surface area contributed by atoms with Crippen LogP contribution in [0, 0.1) is 0 Å². The van der Waals surface area contributed by atoms with Crippen LogP contribution in [0.25, 0.3) is 10.9 Å². The Morgan fingerprint density at radius 3 is 2.73 bits per heavy atom. The lowest BCUT2D eigenvalue weighted by Crippen LogP contribution is -2.39. The van der Waals surface area contributed by atoms with E-state index in [1.165, 1.54) is 10.9 Å². The number of nitrogens with one attached hydrogen (secondary N) is 1. The summed E-state index contributed by atoms with van der Waals surface area (Å²) in [5.74, 6) is 0.673. The SMILES string of the molecule is Cl.c1ccc2ncc(C3CNC3)cc2c1. The molecule has 2 nitrogen and oxygen atoms in total. The van der Waals surface area contributed by atoms with Gasteiger partial charge in [-0.3, -0.25) is 4.98 Å². The second-order valence-electron chi connectivity index (χ2n) is 3.82. The van der Waals surface area contributed by atoms with Crippen LogP contribution < -0.4 is 5.32 Å². The van der Waals surface area contributed by atoms with Gasteiger partial charge in [-0.1, -0.05) is 18.2 Å². The molecule has 78 valence electrons. The van der Waals surface area contributed by atoms with Gasteiger partial charge in [0.1, 0.15) is 0 Å². The van der Waals surface area contributed by atoms with E-state index in [4.69, 9.17) is 0 Å². The normalized spacial score (nSPS) is 15.7. The molecule has 0 spiro atoms. The Balaban J connectivity index is 0.000000853. The van der Waals surface area contributed by atoms with Gasteiger partial charge >= 0.3 is 0 Å². The third-order valence-corrected chi connectivity index (χ3v) is 2.86. The quantitative estimate of drug-likeness (QED) is 0.798. The van der Waals surface area contributed by atoms with E-state index in [0.29, 0.717) is 5.92 Å². The average molecular weight is 221 g/mol. The number of aromatic nitrogens is 1. The summed E-state index contributed by atoms with van der Waals surface area (Å²) in [7, 11) is 0. The standard InChI is InChI=1S/C12H12N2.ClH/c1-2-4-12-9(3-1)5-10(8-14-12)11-6-13-7-11;/h1-5,8,11,13H,6-7H2;1H.